The minimum absolute atomic E-state index is 0.0400. The van der Waals surface area contributed by atoms with E-state index in [1.165, 1.54) is 12.1 Å². The highest BCUT2D eigenvalue weighted by molar-refractivity contribution is 6.28. The van der Waals surface area contributed by atoms with Crippen LogP contribution in [0.3, 0.4) is 0 Å². The fourth-order valence-electron chi connectivity index (χ4n) is 5.68. The van der Waals surface area contributed by atoms with E-state index in [2.05, 4.69) is 29.5 Å². The first-order valence-electron chi connectivity index (χ1n) is 12.6. The summed E-state index contributed by atoms with van der Waals surface area (Å²) in [4.78, 5) is 56.7. The van der Waals surface area contributed by atoms with Crippen molar-refractivity contribution >= 4 is 46.0 Å². The maximum absolute atomic E-state index is 14.1. The Morgan fingerprint density at radius 2 is 1.89 bits per heavy atom. The molecule has 2 aromatic rings. The zero-order chi connectivity index (χ0) is 27.2. The summed E-state index contributed by atoms with van der Waals surface area (Å²) < 4.78 is 14.1. The Labute approximate surface area is 220 Å². The Hall–Kier alpha value is -2.94. The van der Waals surface area contributed by atoms with Gasteiger partial charge in [0.05, 0.1) is 11.9 Å². The highest BCUT2D eigenvalue weighted by Crippen LogP contribution is 2.64. The van der Waals surface area contributed by atoms with Crippen molar-refractivity contribution in [1.82, 2.24) is 20.5 Å². The third-order valence-electron chi connectivity index (χ3n) is 7.90. The molecule has 0 spiro atoms. The number of halogens is 2. The number of Topliss-reactive ketones (excluding diaryl/α,β-unsaturated/α-hetero) is 1. The molecule has 3 amide bonds. The van der Waals surface area contributed by atoms with Crippen molar-refractivity contribution in [2.24, 2.45) is 23.2 Å². The fraction of sp³-hybridized carbons (Fsp3) is 0.556. The number of nitrogens with one attached hydrogen (secondary N) is 3. The number of nitrogens with zero attached hydrogens (tertiary/aromatic N) is 1. The SMILES string of the molecule is CC(C)C[C@H](NC(=O)c1cc2c(F)cccc2[nH]1)C(=O)N1C[C@H]2[C@@H]([C@H]1C(=O)N[C@@H](C)C(=O)CCl)C2(C)C. The van der Waals surface area contributed by atoms with E-state index in [0.717, 1.165) is 0 Å². The number of aromatic amines is 1. The average molecular weight is 533 g/mol. The van der Waals surface area contributed by atoms with Crippen LogP contribution in [0.1, 0.15) is 51.5 Å². The first-order valence-corrected chi connectivity index (χ1v) is 13.2. The maximum Gasteiger partial charge on any atom is 0.268 e. The van der Waals surface area contributed by atoms with Gasteiger partial charge < -0.3 is 20.5 Å². The second kappa shape index (κ2) is 10.1. The lowest BCUT2D eigenvalue weighted by Crippen LogP contribution is -2.57. The second-order valence-corrected chi connectivity index (χ2v) is 11.5. The zero-order valence-corrected chi connectivity index (χ0v) is 22.5. The number of carbonyl (C=O) groups excluding carboxylic acids is 4. The molecule has 1 saturated carbocycles. The third-order valence-corrected chi connectivity index (χ3v) is 8.16. The van der Waals surface area contributed by atoms with Gasteiger partial charge in [-0.2, -0.15) is 0 Å². The van der Waals surface area contributed by atoms with E-state index in [1.807, 2.05) is 13.8 Å². The number of hydrogen-bond acceptors (Lipinski definition) is 4. The number of piperidine rings is 1. The van der Waals surface area contributed by atoms with E-state index in [1.54, 1.807) is 24.0 Å². The number of benzene rings is 1. The standard InChI is InChI=1S/C27H34ClFN4O4/c1-13(2)9-20(32-24(35)19-10-15-17(29)7-6-8-18(15)31-19)26(37)33-12-16-22(27(16,4)5)23(33)25(36)30-14(3)21(34)11-28/h6-8,10,13-14,16,20,22-23,31H,9,11-12H2,1-5H3,(H,30,36)(H,32,35)/t14-,16-,20-,22-,23-/m0/s1. The smallest absolute Gasteiger partial charge is 0.268 e. The number of alkyl halides is 1. The minimum Gasteiger partial charge on any atom is -0.350 e. The normalized spacial score (nSPS) is 23.5. The molecular formula is C27H34ClFN4O4. The van der Waals surface area contributed by atoms with E-state index in [-0.39, 0.29) is 46.4 Å². The van der Waals surface area contributed by atoms with Crippen LogP contribution in [0.25, 0.3) is 10.9 Å². The number of fused-ring (bicyclic) bond motifs is 2. The summed E-state index contributed by atoms with van der Waals surface area (Å²) in [5.74, 6) is -2.04. The van der Waals surface area contributed by atoms with Crippen molar-refractivity contribution in [2.45, 2.75) is 59.2 Å². The quantitative estimate of drug-likeness (QED) is 0.430. The summed E-state index contributed by atoms with van der Waals surface area (Å²) in [6.45, 7) is 10.00. The molecule has 1 aromatic carbocycles. The Morgan fingerprint density at radius 3 is 2.51 bits per heavy atom. The zero-order valence-electron chi connectivity index (χ0n) is 21.7. The lowest BCUT2D eigenvalue weighted by molar-refractivity contribution is -0.142. The average Bonchev–Trinajstić information content (AvgIpc) is 3.23. The Balaban J connectivity index is 1.56. The van der Waals surface area contributed by atoms with E-state index in [0.29, 0.717) is 23.9 Å². The summed E-state index contributed by atoms with van der Waals surface area (Å²) in [5.41, 5.74) is 0.523. The summed E-state index contributed by atoms with van der Waals surface area (Å²) in [5, 5.41) is 5.83. The highest BCUT2D eigenvalue weighted by Gasteiger charge is 2.69. The third kappa shape index (κ3) is 5.10. The molecule has 3 N–H and O–H groups in total. The molecule has 2 aliphatic rings. The van der Waals surface area contributed by atoms with Crippen LogP contribution in [0, 0.1) is 29.0 Å². The van der Waals surface area contributed by atoms with Gasteiger partial charge in [0.2, 0.25) is 11.8 Å². The predicted molar refractivity (Wildman–Crippen MR) is 139 cm³/mol. The Morgan fingerprint density at radius 1 is 1.19 bits per heavy atom. The van der Waals surface area contributed by atoms with Crippen molar-refractivity contribution in [3.05, 3.63) is 35.8 Å². The summed E-state index contributed by atoms with van der Waals surface area (Å²) >= 11 is 5.65. The molecule has 200 valence electrons. The van der Waals surface area contributed by atoms with Crippen molar-refractivity contribution in [2.75, 3.05) is 12.4 Å². The van der Waals surface area contributed by atoms with E-state index >= 15 is 0 Å². The monoisotopic (exact) mass is 532 g/mol. The molecule has 37 heavy (non-hydrogen) atoms. The van der Waals surface area contributed by atoms with Gasteiger partial charge in [0.25, 0.3) is 5.91 Å². The van der Waals surface area contributed by atoms with Crippen LogP contribution in [0.15, 0.2) is 24.3 Å². The molecule has 2 heterocycles. The number of H-pyrrole nitrogens is 1. The van der Waals surface area contributed by atoms with Crippen molar-refractivity contribution < 1.29 is 23.6 Å². The number of aromatic nitrogens is 1. The summed E-state index contributed by atoms with van der Waals surface area (Å²) in [6, 6.07) is 3.58. The number of likely N-dealkylation sites (tertiary alicyclic amines) is 1. The van der Waals surface area contributed by atoms with Crippen LogP contribution in [0.4, 0.5) is 4.39 Å². The number of ketones is 1. The molecule has 8 nitrogen and oxygen atoms in total. The molecule has 1 aromatic heterocycles. The van der Waals surface area contributed by atoms with Crippen LogP contribution >= 0.6 is 11.6 Å². The van der Waals surface area contributed by atoms with Gasteiger partial charge in [-0.15, -0.1) is 11.6 Å². The van der Waals surface area contributed by atoms with Gasteiger partial charge in [-0.25, -0.2) is 4.39 Å². The van der Waals surface area contributed by atoms with Crippen molar-refractivity contribution in [1.29, 1.82) is 0 Å². The molecular weight excluding hydrogens is 499 g/mol. The number of carbonyl (C=O) groups is 4. The highest BCUT2D eigenvalue weighted by atomic mass is 35.5. The van der Waals surface area contributed by atoms with Gasteiger partial charge in [-0.05, 0) is 54.7 Å². The first-order chi connectivity index (χ1) is 17.4. The number of hydrogen-bond donors (Lipinski definition) is 3. The second-order valence-electron chi connectivity index (χ2n) is 11.3. The topological polar surface area (TPSA) is 111 Å². The predicted octanol–water partition coefficient (Wildman–Crippen LogP) is 3.25. The minimum atomic E-state index is -0.874. The van der Waals surface area contributed by atoms with Gasteiger partial charge in [0.1, 0.15) is 23.6 Å². The lowest BCUT2D eigenvalue weighted by atomic mass is 9.97. The van der Waals surface area contributed by atoms with Gasteiger partial charge >= 0.3 is 0 Å². The molecule has 0 unspecified atom stereocenters. The van der Waals surface area contributed by atoms with Gasteiger partial charge in [0, 0.05) is 17.4 Å². The van der Waals surface area contributed by atoms with Gasteiger partial charge in [-0.3, -0.25) is 19.2 Å². The molecule has 1 saturated heterocycles. The van der Waals surface area contributed by atoms with Crippen LogP contribution in [-0.4, -0.2) is 63.9 Å². The van der Waals surface area contributed by atoms with Crippen LogP contribution in [-0.2, 0) is 14.4 Å². The fourth-order valence-corrected chi connectivity index (χ4v) is 5.91. The van der Waals surface area contributed by atoms with E-state index < -0.39 is 35.8 Å². The molecule has 1 aliphatic carbocycles. The molecule has 0 radical (unpaired) electrons. The van der Waals surface area contributed by atoms with E-state index in [4.69, 9.17) is 11.6 Å². The Bertz CT molecular complexity index is 1240. The van der Waals surface area contributed by atoms with Gasteiger partial charge in [0.15, 0.2) is 5.78 Å². The molecule has 0 bridgehead atoms. The molecule has 10 heteroatoms. The largest absolute Gasteiger partial charge is 0.350 e. The molecule has 4 rings (SSSR count). The lowest BCUT2D eigenvalue weighted by Gasteiger charge is -2.34. The van der Waals surface area contributed by atoms with Crippen LogP contribution in [0.5, 0.6) is 0 Å². The molecule has 2 fully saturated rings. The molecule has 5 atom stereocenters. The van der Waals surface area contributed by atoms with Crippen LogP contribution < -0.4 is 10.6 Å². The molecule has 1 aliphatic heterocycles. The Kier molecular flexibility index (Phi) is 7.38. The van der Waals surface area contributed by atoms with Crippen LogP contribution in [0.2, 0.25) is 0 Å². The maximum atomic E-state index is 14.1. The van der Waals surface area contributed by atoms with Gasteiger partial charge in [-0.1, -0.05) is 33.8 Å². The van der Waals surface area contributed by atoms with Crippen molar-refractivity contribution in [3.63, 3.8) is 0 Å². The number of amides is 3. The summed E-state index contributed by atoms with van der Waals surface area (Å²) in [7, 11) is 0. The van der Waals surface area contributed by atoms with E-state index in [9.17, 15) is 23.6 Å². The number of rotatable bonds is 9. The van der Waals surface area contributed by atoms with Crippen molar-refractivity contribution in [3.8, 4) is 0 Å². The first kappa shape index (κ1) is 27.1. The summed E-state index contributed by atoms with van der Waals surface area (Å²) in [6.07, 6.45) is 0.365.